The highest BCUT2D eigenvalue weighted by atomic mass is 16.2. The molecule has 2 aromatic rings. The Morgan fingerprint density at radius 2 is 1.35 bits per heavy atom. The van der Waals surface area contributed by atoms with Gasteiger partial charge in [0.2, 0.25) is 0 Å². The Kier molecular flexibility index (Phi) is 5.31. The Morgan fingerprint density at radius 1 is 0.769 bits per heavy atom. The standard InChI is InChI=1S/C20H21N3O3/c1-21-20(26)23-12-10-22(11-13-23)19(25)17-9-5-8-16(14-17)18(24)15-6-3-2-4-7-15/h2-9,14H,10-13H2,1H3,(H,21,26). The molecule has 0 aliphatic carbocycles. The molecule has 0 saturated carbocycles. The summed E-state index contributed by atoms with van der Waals surface area (Å²) < 4.78 is 0. The molecule has 2 aromatic carbocycles. The van der Waals surface area contributed by atoms with Gasteiger partial charge in [-0.2, -0.15) is 0 Å². The fourth-order valence-electron chi connectivity index (χ4n) is 3.00. The highest BCUT2D eigenvalue weighted by Gasteiger charge is 2.24. The van der Waals surface area contributed by atoms with Crippen molar-refractivity contribution in [1.82, 2.24) is 15.1 Å². The van der Waals surface area contributed by atoms with Crippen molar-refractivity contribution in [2.75, 3.05) is 33.2 Å². The molecule has 6 heteroatoms. The van der Waals surface area contributed by atoms with E-state index in [1.165, 1.54) is 0 Å². The molecule has 1 fully saturated rings. The zero-order valence-corrected chi connectivity index (χ0v) is 14.6. The largest absolute Gasteiger partial charge is 0.341 e. The first-order chi connectivity index (χ1) is 12.6. The number of urea groups is 1. The van der Waals surface area contributed by atoms with E-state index in [4.69, 9.17) is 0 Å². The van der Waals surface area contributed by atoms with Gasteiger partial charge < -0.3 is 15.1 Å². The van der Waals surface area contributed by atoms with Gasteiger partial charge in [-0.25, -0.2) is 4.79 Å². The van der Waals surface area contributed by atoms with Crippen LogP contribution in [0.4, 0.5) is 4.79 Å². The van der Waals surface area contributed by atoms with Crippen molar-refractivity contribution in [3.8, 4) is 0 Å². The maximum Gasteiger partial charge on any atom is 0.317 e. The summed E-state index contributed by atoms with van der Waals surface area (Å²) in [5.41, 5.74) is 1.57. The van der Waals surface area contributed by atoms with Crippen LogP contribution in [0.3, 0.4) is 0 Å². The molecule has 1 heterocycles. The van der Waals surface area contributed by atoms with Crippen LogP contribution < -0.4 is 5.32 Å². The molecule has 6 nitrogen and oxygen atoms in total. The number of carbonyl (C=O) groups is 3. The molecule has 1 aliphatic rings. The van der Waals surface area contributed by atoms with Crippen molar-refractivity contribution in [3.63, 3.8) is 0 Å². The molecule has 134 valence electrons. The molecule has 1 N–H and O–H groups in total. The average molecular weight is 351 g/mol. The van der Waals surface area contributed by atoms with E-state index in [1.807, 2.05) is 18.2 Å². The molecular weight excluding hydrogens is 330 g/mol. The second-order valence-electron chi connectivity index (χ2n) is 6.11. The van der Waals surface area contributed by atoms with Crippen LogP contribution in [0.15, 0.2) is 54.6 Å². The molecule has 3 rings (SSSR count). The lowest BCUT2D eigenvalue weighted by molar-refractivity contribution is 0.0666. The third kappa shape index (κ3) is 3.74. The summed E-state index contributed by atoms with van der Waals surface area (Å²) >= 11 is 0. The van der Waals surface area contributed by atoms with Crippen molar-refractivity contribution < 1.29 is 14.4 Å². The summed E-state index contributed by atoms with van der Waals surface area (Å²) in [6, 6.07) is 15.7. The molecule has 3 amide bonds. The van der Waals surface area contributed by atoms with E-state index in [1.54, 1.807) is 53.2 Å². The van der Waals surface area contributed by atoms with Gasteiger partial charge in [0.25, 0.3) is 5.91 Å². The van der Waals surface area contributed by atoms with Gasteiger partial charge in [0.1, 0.15) is 0 Å². The number of ketones is 1. The maximum absolute atomic E-state index is 12.8. The number of rotatable bonds is 3. The third-order valence-electron chi connectivity index (χ3n) is 4.48. The minimum Gasteiger partial charge on any atom is -0.341 e. The number of nitrogens with zero attached hydrogens (tertiary/aromatic N) is 2. The van der Waals surface area contributed by atoms with Crippen molar-refractivity contribution in [1.29, 1.82) is 0 Å². The zero-order valence-electron chi connectivity index (χ0n) is 14.6. The number of hydrogen-bond acceptors (Lipinski definition) is 3. The van der Waals surface area contributed by atoms with Gasteiger partial charge in [-0.3, -0.25) is 9.59 Å². The SMILES string of the molecule is CNC(=O)N1CCN(C(=O)c2cccc(C(=O)c3ccccc3)c2)CC1. The van der Waals surface area contributed by atoms with Gasteiger partial charge in [-0.1, -0.05) is 42.5 Å². The van der Waals surface area contributed by atoms with Gasteiger partial charge in [-0.05, 0) is 12.1 Å². The maximum atomic E-state index is 12.8. The molecule has 0 unspecified atom stereocenters. The lowest BCUT2D eigenvalue weighted by atomic mass is 10.0. The highest BCUT2D eigenvalue weighted by Crippen LogP contribution is 2.14. The Bertz CT molecular complexity index is 812. The van der Waals surface area contributed by atoms with Gasteiger partial charge in [0.15, 0.2) is 5.78 Å². The third-order valence-corrected chi connectivity index (χ3v) is 4.48. The summed E-state index contributed by atoms with van der Waals surface area (Å²) in [6.07, 6.45) is 0. The van der Waals surface area contributed by atoms with Crippen LogP contribution in [0.2, 0.25) is 0 Å². The van der Waals surface area contributed by atoms with Crippen LogP contribution in [-0.4, -0.2) is 60.7 Å². The van der Waals surface area contributed by atoms with Crippen LogP contribution in [0.1, 0.15) is 26.3 Å². The van der Waals surface area contributed by atoms with Gasteiger partial charge in [0.05, 0.1) is 0 Å². The quantitative estimate of drug-likeness (QED) is 0.860. The molecule has 0 bridgehead atoms. The molecular formula is C20H21N3O3. The van der Waals surface area contributed by atoms with Gasteiger partial charge >= 0.3 is 6.03 Å². The monoisotopic (exact) mass is 351 g/mol. The summed E-state index contributed by atoms with van der Waals surface area (Å²) in [4.78, 5) is 40.4. The molecule has 1 aliphatic heterocycles. The van der Waals surface area contributed by atoms with E-state index in [0.29, 0.717) is 42.9 Å². The Balaban J connectivity index is 1.71. The number of carbonyl (C=O) groups excluding carboxylic acids is 3. The molecule has 1 saturated heterocycles. The Hall–Kier alpha value is -3.15. The first-order valence-electron chi connectivity index (χ1n) is 8.56. The fraction of sp³-hybridized carbons (Fsp3) is 0.250. The predicted molar refractivity (Wildman–Crippen MR) is 98.2 cm³/mol. The van der Waals surface area contributed by atoms with E-state index in [-0.39, 0.29) is 17.7 Å². The van der Waals surface area contributed by atoms with Crippen molar-refractivity contribution in [3.05, 3.63) is 71.3 Å². The molecule has 0 radical (unpaired) electrons. The molecule has 0 spiro atoms. The van der Waals surface area contributed by atoms with E-state index < -0.39 is 0 Å². The predicted octanol–water partition coefficient (Wildman–Crippen LogP) is 2.01. The molecule has 26 heavy (non-hydrogen) atoms. The number of nitrogens with one attached hydrogen (secondary N) is 1. The highest BCUT2D eigenvalue weighted by molar-refractivity contribution is 6.10. The number of amides is 3. The van der Waals surface area contributed by atoms with E-state index in [2.05, 4.69) is 5.32 Å². The molecule has 0 aromatic heterocycles. The van der Waals surface area contributed by atoms with Crippen LogP contribution >= 0.6 is 0 Å². The van der Waals surface area contributed by atoms with Crippen molar-refractivity contribution >= 4 is 17.7 Å². The summed E-state index contributed by atoms with van der Waals surface area (Å²) in [5, 5.41) is 2.59. The first-order valence-corrected chi connectivity index (χ1v) is 8.56. The van der Waals surface area contributed by atoms with E-state index >= 15 is 0 Å². The van der Waals surface area contributed by atoms with Crippen LogP contribution in [0.5, 0.6) is 0 Å². The van der Waals surface area contributed by atoms with Crippen LogP contribution in [0, 0.1) is 0 Å². The number of benzene rings is 2. The second kappa shape index (κ2) is 7.82. The minimum absolute atomic E-state index is 0.107. The minimum atomic E-state index is -0.132. The van der Waals surface area contributed by atoms with Crippen molar-refractivity contribution in [2.24, 2.45) is 0 Å². The normalized spacial score (nSPS) is 14.0. The summed E-state index contributed by atoms with van der Waals surface area (Å²) in [5.74, 6) is -0.228. The topological polar surface area (TPSA) is 69.7 Å². The summed E-state index contributed by atoms with van der Waals surface area (Å²) in [7, 11) is 1.59. The smallest absolute Gasteiger partial charge is 0.317 e. The second-order valence-corrected chi connectivity index (χ2v) is 6.11. The van der Waals surface area contributed by atoms with Crippen LogP contribution in [-0.2, 0) is 0 Å². The number of hydrogen-bond donors (Lipinski definition) is 1. The number of piperazine rings is 1. The van der Waals surface area contributed by atoms with Crippen molar-refractivity contribution in [2.45, 2.75) is 0 Å². The zero-order chi connectivity index (χ0) is 18.5. The lowest BCUT2D eigenvalue weighted by Gasteiger charge is -2.34. The van der Waals surface area contributed by atoms with Gasteiger partial charge in [-0.15, -0.1) is 0 Å². The Labute approximate surface area is 152 Å². The summed E-state index contributed by atoms with van der Waals surface area (Å²) in [6.45, 7) is 1.94. The lowest BCUT2D eigenvalue weighted by Crippen LogP contribution is -2.52. The van der Waals surface area contributed by atoms with E-state index in [0.717, 1.165) is 0 Å². The average Bonchev–Trinajstić information content (AvgIpc) is 2.73. The Morgan fingerprint density at radius 3 is 2.00 bits per heavy atom. The van der Waals surface area contributed by atoms with Gasteiger partial charge in [0, 0.05) is 49.9 Å². The first kappa shape index (κ1) is 17.7. The van der Waals surface area contributed by atoms with E-state index in [9.17, 15) is 14.4 Å². The van der Waals surface area contributed by atoms with Crippen LogP contribution in [0.25, 0.3) is 0 Å². The molecule has 0 atom stereocenters. The fourth-order valence-corrected chi connectivity index (χ4v) is 3.00.